The average Bonchev–Trinajstić information content (AvgIpc) is 3.32. The lowest BCUT2D eigenvalue weighted by Gasteiger charge is -2.27. The molecule has 0 aromatic carbocycles. The van der Waals surface area contributed by atoms with Crippen molar-refractivity contribution in [2.45, 2.75) is 334 Å². The Hall–Kier alpha value is -1.47. The fourth-order valence-electron chi connectivity index (χ4n) is 9.33. The fraction of sp³-hybridized carbons (Fsp3) is 0.883. The van der Waals surface area contributed by atoms with Crippen LogP contribution < -0.4 is 5.32 Å². The molecular formula is C60H115NO5. The van der Waals surface area contributed by atoms with Crippen LogP contribution in [0.4, 0.5) is 0 Å². The molecule has 0 aliphatic heterocycles. The van der Waals surface area contributed by atoms with Gasteiger partial charge >= 0.3 is 0 Å². The van der Waals surface area contributed by atoms with Crippen molar-refractivity contribution < 1.29 is 25.2 Å². The number of carbonyl (C=O) groups excluding carboxylic acids is 1. The van der Waals surface area contributed by atoms with Gasteiger partial charge in [-0.2, -0.15) is 0 Å². The van der Waals surface area contributed by atoms with E-state index in [0.717, 1.165) is 51.4 Å². The molecule has 390 valence electrons. The summed E-state index contributed by atoms with van der Waals surface area (Å²) < 4.78 is 0. The van der Waals surface area contributed by atoms with Gasteiger partial charge in [-0.05, 0) is 58.3 Å². The van der Waals surface area contributed by atoms with E-state index in [1.807, 2.05) is 6.92 Å². The predicted octanol–water partition coefficient (Wildman–Crippen LogP) is 17.2. The summed E-state index contributed by atoms with van der Waals surface area (Å²) in [4.78, 5) is 12.6. The zero-order valence-corrected chi connectivity index (χ0v) is 44.2. The molecule has 0 aromatic rings. The first-order valence-corrected chi connectivity index (χ1v) is 29.3. The molecule has 0 bridgehead atoms. The van der Waals surface area contributed by atoms with Gasteiger partial charge in [0.1, 0.15) is 12.2 Å². The van der Waals surface area contributed by atoms with Gasteiger partial charge < -0.3 is 25.7 Å². The maximum absolute atomic E-state index is 12.6. The molecule has 0 radical (unpaired) electrons. The first-order chi connectivity index (χ1) is 32.5. The maximum Gasteiger partial charge on any atom is 0.249 e. The van der Waals surface area contributed by atoms with Gasteiger partial charge in [-0.15, -0.1) is 0 Å². The zero-order chi connectivity index (χ0) is 48.1. The molecule has 5 N–H and O–H groups in total. The summed E-state index contributed by atoms with van der Waals surface area (Å²) in [6.07, 6.45) is 68.5. The first-order valence-electron chi connectivity index (χ1n) is 29.3. The highest BCUT2D eigenvalue weighted by Gasteiger charge is 2.28. The van der Waals surface area contributed by atoms with E-state index >= 15 is 0 Å². The Kier molecular flexibility index (Phi) is 53.3. The number of aliphatic hydroxyl groups excluding tert-OH is 4. The van der Waals surface area contributed by atoms with E-state index in [0.29, 0.717) is 19.3 Å². The largest absolute Gasteiger partial charge is 0.394 e. The molecule has 0 saturated heterocycles. The second kappa shape index (κ2) is 54.5. The number of hydrogen-bond donors (Lipinski definition) is 5. The Bertz CT molecular complexity index is 1040. The highest BCUT2D eigenvalue weighted by molar-refractivity contribution is 5.80. The van der Waals surface area contributed by atoms with Crippen molar-refractivity contribution >= 4 is 5.91 Å². The number of carbonyl (C=O) groups is 1. The van der Waals surface area contributed by atoms with Crippen molar-refractivity contribution in [2.75, 3.05) is 6.61 Å². The Morgan fingerprint density at radius 2 is 0.682 bits per heavy atom. The van der Waals surface area contributed by atoms with Crippen molar-refractivity contribution in [3.05, 3.63) is 36.5 Å². The van der Waals surface area contributed by atoms with Crippen LogP contribution in [0, 0.1) is 0 Å². The SMILES string of the molecule is C/C=C/CC/C=C/CC/C=C/CCCC(O)C(O)C(CO)NC(=O)C(O)CCCCCCCCCCCCCCCCCCCCCCCCCCCCCCCCCCCCCCCC. The smallest absolute Gasteiger partial charge is 0.249 e. The van der Waals surface area contributed by atoms with Crippen molar-refractivity contribution in [2.24, 2.45) is 0 Å². The predicted molar refractivity (Wildman–Crippen MR) is 288 cm³/mol. The monoisotopic (exact) mass is 930 g/mol. The van der Waals surface area contributed by atoms with E-state index in [9.17, 15) is 25.2 Å². The molecule has 0 heterocycles. The van der Waals surface area contributed by atoms with Crippen molar-refractivity contribution in [1.29, 1.82) is 0 Å². The third kappa shape index (κ3) is 47.6. The minimum atomic E-state index is -1.29. The van der Waals surface area contributed by atoms with Crippen LogP contribution in [0.25, 0.3) is 0 Å². The Morgan fingerprint density at radius 3 is 0.985 bits per heavy atom. The van der Waals surface area contributed by atoms with Crippen LogP contribution in [0.2, 0.25) is 0 Å². The zero-order valence-electron chi connectivity index (χ0n) is 44.2. The third-order valence-electron chi connectivity index (χ3n) is 13.9. The van der Waals surface area contributed by atoms with E-state index in [-0.39, 0.29) is 0 Å². The van der Waals surface area contributed by atoms with Crippen LogP contribution in [-0.2, 0) is 4.79 Å². The van der Waals surface area contributed by atoms with E-state index in [1.54, 1.807) is 0 Å². The molecule has 0 spiro atoms. The highest BCUT2D eigenvalue weighted by atomic mass is 16.3. The summed E-state index contributed by atoms with van der Waals surface area (Å²) >= 11 is 0. The molecule has 0 aliphatic carbocycles. The van der Waals surface area contributed by atoms with Crippen LogP contribution >= 0.6 is 0 Å². The molecule has 4 atom stereocenters. The molecular weight excluding hydrogens is 815 g/mol. The molecule has 0 aliphatic rings. The third-order valence-corrected chi connectivity index (χ3v) is 13.9. The number of hydrogen-bond acceptors (Lipinski definition) is 5. The lowest BCUT2D eigenvalue weighted by molar-refractivity contribution is -0.132. The Labute approximate surface area is 411 Å². The van der Waals surface area contributed by atoms with Gasteiger partial charge in [-0.3, -0.25) is 4.79 Å². The quantitative estimate of drug-likeness (QED) is 0.0308. The average molecular weight is 931 g/mol. The molecule has 0 rings (SSSR count). The van der Waals surface area contributed by atoms with Gasteiger partial charge in [-0.25, -0.2) is 0 Å². The maximum atomic E-state index is 12.6. The lowest BCUT2D eigenvalue weighted by atomic mass is 10.00. The number of unbranched alkanes of at least 4 members (excludes halogenated alkanes) is 40. The van der Waals surface area contributed by atoms with Gasteiger partial charge in [0.2, 0.25) is 5.91 Å². The fourth-order valence-corrected chi connectivity index (χ4v) is 9.33. The van der Waals surface area contributed by atoms with Gasteiger partial charge in [0.15, 0.2) is 0 Å². The normalized spacial score (nSPS) is 14.0. The molecule has 6 nitrogen and oxygen atoms in total. The molecule has 4 unspecified atom stereocenters. The summed E-state index contributed by atoms with van der Waals surface area (Å²) in [6, 6.07) is -1.01. The van der Waals surface area contributed by atoms with Gasteiger partial charge in [0.25, 0.3) is 0 Å². The van der Waals surface area contributed by atoms with Gasteiger partial charge in [0.05, 0.1) is 18.8 Å². The van der Waals surface area contributed by atoms with Crippen LogP contribution in [0.3, 0.4) is 0 Å². The summed E-state index contributed by atoms with van der Waals surface area (Å²) in [5.41, 5.74) is 0. The number of aliphatic hydroxyl groups is 4. The van der Waals surface area contributed by atoms with Crippen molar-refractivity contribution in [3.8, 4) is 0 Å². The van der Waals surface area contributed by atoms with Crippen LogP contribution in [0.1, 0.15) is 309 Å². The summed E-state index contributed by atoms with van der Waals surface area (Å²) in [5, 5.41) is 43.7. The molecule has 0 aromatic heterocycles. The second-order valence-corrected chi connectivity index (χ2v) is 20.3. The van der Waals surface area contributed by atoms with Crippen LogP contribution in [0.15, 0.2) is 36.5 Å². The highest BCUT2D eigenvalue weighted by Crippen LogP contribution is 2.18. The van der Waals surface area contributed by atoms with E-state index < -0.39 is 36.9 Å². The molecule has 0 fully saturated rings. The minimum Gasteiger partial charge on any atom is -0.394 e. The van der Waals surface area contributed by atoms with Crippen LogP contribution in [-0.4, -0.2) is 57.3 Å². The van der Waals surface area contributed by atoms with E-state index in [4.69, 9.17) is 0 Å². The van der Waals surface area contributed by atoms with Crippen molar-refractivity contribution in [1.82, 2.24) is 5.32 Å². The second-order valence-electron chi connectivity index (χ2n) is 20.3. The Morgan fingerprint density at radius 1 is 0.394 bits per heavy atom. The lowest BCUT2D eigenvalue weighted by Crippen LogP contribution is -2.53. The summed E-state index contributed by atoms with van der Waals surface area (Å²) in [5.74, 6) is -0.597. The number of rotatable bonds is 54. The summed E-state index contributed by atoms with van der Waals surface area (Å²) in [6.45, 7) is 3.84. The first kappa shape index (κ1) is 64.5. The molecule has 66 heavy (non-hydrogen) atoms. The van der Waals surface area contributed by atoms with E-state index in [2.05, 4.69) is 48.7 Å². The topological polar surface area (TPSA) is 110 Å². The number of allylic oxidation sites excluding steroid dienone is 6. The number of nitrogens with one attached hydrogen (secondary N) is 1. The van der Waals surface area contributed by atoms with Gasteiger partial charge in [0, 0.05) is 0 Å². The molecule has 1 amide bonds. The van der Waals surface area contributed by atoms with Crippen molar-refractivity contribution in [3.63, 3.8) is 0 Å². The Balaban J connectivity index is 3.47. The van der Waals surface area contributed by atoms with E-state index in [1.165, 1.54) is 225 Å². The van der Waals surface area contributed by atoms with Crippen LogP contribution in [0.5, 0.6) is 0 Å². The minimum absolute atomic E-state index is 0.362. The summed E-state index contributed by atoms with van der Waals surface area (Å²) in [7, 11) is 0. The number of amides is 1. The standard InChI is InChI=1S/C60H115NO5/c1-3-5-7-9-11-13-15-17-18-19-20-21-22-23-24-25-26-27-28-29-30-31-32-33-34-35-36-37-38-39-40-41-42-44-46-48-50-52-54-58(64)60(66)61-56(55-62)59(65)57(63)53-51-49-47-45-43-16-14-12-10-8-6-4-2/h4,6,12,14,45,47,56-59,62-65H,3,5,7-11,13,15-44,46,48-55H2,1-2H3,(H,61,66)/b6-4+,14-12+,47-45+. The van der Waals surface area contributed by atoms with Gasteiger partial charge in [-0.1, -0.05) is 287 Å². The molecule has 6 heteroatoms. The molecule has 0 saturated carbocycles.